The Kier molecular flexibility index (Phi) is 8.57. The molecule has 1 aliphatic heterocycles. The van der Waals surface area contributed by atoms with E-state index in [-0.39, 0.29) is 12.1 Å². The number of carbonyl (C=O) groups excluding carboxylic acids is 1. The van der Waals surface area contributed by atoms with Crippen molar-refractivity contribution in [3.8, 4) is 0 Å². The monoisotopic (exact) mass is 613 g/mol. The first-order chi connectivity index (χ1) is 18.1. The number of hydrogen-bond donors (Lipinski definition) is 4. The molecule has 37 heavy (non-hydrogen) atoms. The zero-order valence-corrected chi connectivity index (χ0v) is 22.8. The number of anilines is 6. The van der Waals surface area contributed by atoms with Gasteiger partial charge in [0.1, 0.15) is 5.82 Å². The second kappa shape index (κ2) is 12.4. The summed E-state index contributed by atoms with van der Waals surface area (Å²) in [7, 11) is 0. The zero-order chi connectivity index (χ0) is 25.5. The van der Waals surface area contributed by atoms with Crippen molar-refractivity contribution in [2.75, 3.05) is 47.2 Å². The third-order valence-corrected chi connectivity index (χ3v) is 7.40. The summed E-state index contributed by atoms with van der Waals surface area (Å²) in [5, 5.41) is 12.8. The smallest absolute Gasteiger partial charge is 0.319 e. The van der Waals surface area contributed by atoms with Gasteiger partial charge in [0.25, 0.3) is 0 Å². The van der Waals surface area contributed by atoms with E-state index in [2.05, 4.69) is 65.9 Å². The van der Waals surface area contributed by atoms with E-state index in [0.29, 0.717) is 17.5 Å². The fourth-order valence-electron chi connectivity index (χ4n) is 4.64. The molecule has 4 N–H and O–H groups in total. The number of carbonyl (C=O) groups is 1. The van der Waals surface area contributed by atoms with Crippen LogP contribution in [0, 0.1) is 3.57 Å². The lowest BCUT2D eigenvalue weighted by Crippen LogP contribution is -2.39. The van der Waals surface area contributed by atoms with Gasteiger partial charge in [0.2, 0.25) is 5.95 Å². The van der Waals surface area contributed by atoms with Crippen molar-refractivity contribution in [1.82, 2.24) is 15.3 Å². The SMILES string of the molecule is O=C(Nc1ccccc1Nc1nc(Nc2ccc(N3CCOCC3)cc2)ncc1I)NC1CCCCC1. The van der Waals surface area contributed by atoms with E-state index < -0.39 is 0 Å². The number of aromatic nitrogens is 2. The van der Waals surface area contributed by atoms with Gasteiger partial charge in [-0.15, -0.1) is 0 Å². The first-order valence-corrected chi connectivity index (χ1v) is 13.9. The Labute approximate surface area is 230 Å². The maximum Gasteiger partial charge on any atom is 0.319 e. The first-order valence-electron chi connectivity index (χ1n) is 12.8. The van der Waals surface area contributed by atoms with Gasteiger partial charge in [-0.1, -0.05) is 31.4 Å². The highest BCUT2D eigenvalue weighted by molar-refractivity contribution is 14.1. The molecular formula is C27H32IN7O2. The van der Waals surface area contributed by atoms with Crippen molar-refractivity contribution in [1.29, 1.82) is 0 Å². The zero-order valence-electron chi connectivity index (χ0n) is 20.7. The summed E-state index contributed by atoms with van der Waals surface area (Å²) >= 11 is 2.21. The average molecular weight is 614 g/mol. The van der Waals surface area contributed by atoms with Crippen molar-refractivity contribution < 1.29 is 9.53 Å². The second-order valence-electron chi connectivity index (χ2n) is 9.27. The number of amides is 2. The molecule has 0 radical (unpaired) electrons. The second-order valence-corrected chi connectivity index (χ2v) is 10.4. The van der Waals surface area contributed by atoms with Gasteiger partial charge in [0.15, 0.2) is 0 Å². The normalized spacial score (nSPS) is 16.2. The van der Waals surface area contributed by atoms with Crippen molar-refractivity contribution in [2.45, 2.75) is 38.1 Å². The summed E-state index contributed by atoms with van der Waals surface area (Å²) < 4.78 is 6.31. The molecular weight excluding hydrogens is 581 g/mol. The molecule has 1 saturated carbocycles. The predicted octanol–water partition coefficient (Wildman–Crippen LogP) is 5.86. The lowest BCUT2D eigenvalue weighted by molar-refractivity contribution is 0.122. The average Bonchev–Trinajstić information content (AvgIpc) is 2.93. The minimum atomic E-state index is -0.179. The highest BCUT2D eigenvalue weighted by Crippen LogP contribution is 2.28. The summed E-state index contributed by atoms with van der Waals surface area (Å²) in [5.41, 5.74) is 3.54. The lowest BCUT2D eigenvalue weighted by atomic mass is 9.96. The number of para-hydroxylation sites is 2. The molecule has 0 unspecified atom stereocenters. The molecule has 0 spiro atoms. The molecule has 3 aromatic rings. The number of ether oxygens (including phenoxy) is 1. The van der Waals surface area contributed by atoms with E-state index in [9.17, 15) is 4.79 Å². The minimum Gasteiger partial charge on any atom is -0.378 e. The van der Waals surface area contributed by atoms with Crippen LogP contribution in [0.3, 0.4) is 0 Å². The number of nitrogens with one attached hydrogen (secondary N) is 4. The van der Waals surface area contributed by atoms with E-state index in [1.54, 1.807) is 6.20 Å². The fourth-order valence-corrected chi connectivity index (χ4v) is 5.04. The Balaban J connectivity index is 1.24. The van der Waals surface area contributed by atoms with Gasteiger partial charge in [-0.25, -0.2) is 9.78 Å². The van der Waals surface area contributed by atoms with E-state index in [4.69, 9.17) is 9.72 Å². The Morgan fingerprint density at radius 3 is 2.43 bits per heavy atom. The lowest BCUT2D eigenvalue weighted by Gasteiger charge is -2.28. The van der Waals surface area contributed by atoms with E-state index in [1.807, 2.05) is 36.4 Å². The molecule has 9 nitrogen and oxygen atoms in total. The van der Waals surface area contributed by atoms with Crippen LogP contribution in [0.15, 0.2) is 54.7 Å². The van der Waals surface area contributed by atoms with Crippen LogP contribution >= 0.6 is 22.6 Å². The third-order valence-electron chi connectivity index (χ3n) is 6.61. The third kappa shape index (κ3) is 7.01. The van der Waals surface area contributed by atoms with Gasteiger partial charge < -0.3 is 30.9 Å². The molecule has 1 saturated heterocycles. The van der Waals surface area contributed by atoms with Gasteiger partial charge in [-0.05, 0) is 71.8 Å². The quantitative estimate of drug-likeness (QED) is 0.248. The Bertz CT molecular complexity index is 1200. The van der Waals surface area contributed by atoms with Gasteiger partial charge in [0, 0.05) is 36.7 Å². The summed E-state index contributed by atoms with van der Waals surface area (Å²) in [6.07, 6.45) is 7.44. The van der Waals surface area contributed by atoms with Crippen molar-refractivity contribution in [3.05, 3.63) is 58.3 Å². The Hall–Kier alpha value is -3.12. The Morgan fingerprint density at radius 1 is 0.946 bits per heavy atom. The predicted molar refractivity (Wildman–Crippen MR) is 156 cm³/mol. The largest absolute Gasteiger partial charge is 0.378 e. The number of rotatable bonds is 7. The molecule has 0 bridgehead atoms. The molecule has 2 aliphatic rings. The maximum atomic E-state index is 12.6. The highest BCUT2D eigenvalue weighted by atomic mass is 127. The van der Waals surface area contributed by atoms with Gasteiger partial charge in [-0.2, -0.15) is 4.98 Å². The molecule has 10 heteroatoms. The molecule has 5 rings (SSSR count). The number of halogens is 1. The molecule has 194 valence electrons. The summed E-state index contributed by atoms with van der Waals surface area (Å²) in [4.78, 5) is 24.1. The number of urea groups is 1. The van der Waals surface area contributed by atoms with Crippen molar-refractivity contribution in [2.24, 2.45) is 0 Å². The van der Waals surface area contributed by atoms with Crippen LogP contribution in [0.5, 0.6) is 0 Å². The highest BCUT2D eigenvalue weighted by Gasteiger charge is 2.17. The number of benzene rings is 2. The molecule has 1 aliphatic carbocycles. The van der Waals surface area contributed by atoms with E-state index in [1.165, 1.54) is 24.9 Å². The molecule has 1 aromatic heterocycles. The van der Waals surface area contributed by atoms with Crippen LogP contribution < -0.4 is 26.2 Å². The topological polar surface area (TPSA) is 103 Å². The molecule has 2 amide bonds. The Morgan fingerprint density at radius 2 is 1.68 bits per heavy atom. The summed E-state index contributed by atoms with van der Waals surface area (Å²) in [6.45, 7) is 3.33. The molecule has 2 aromatic carbocycles. The van der Waals surface area contributed by atoms with E-state index >= 15 is 0 Å². The standard InChI is InChI=1S/C27H32IN7O2/c28-22-18-29-26(30-20-10-12-21(13-11-20)35-14-16-37-17-15-35)34-25(22)32-23-8-4-5-9-24(23)33-27(36)31-19-6-2-1-3-7-19/h4-5,8-13,18-19H,1-3,6-7,14-17H2,(H2,31,33,36)(H2,29,30,32,34). The van der Waals surface area contributed by atoms with Crippen LogP contribution in [0.2, 0.25) is 0 Å². The number of morpholine rings is 1. The number of nitrogens with zero attached hydrogens (tertiary/aromatic N) is 3. The minimum absolute atomic E-state index is 0.179. The molecule has 0 atom stereocenters. The van der Waals surface area contributed by atoms with Gasteiger partial charge in [-0.3, -0.25) is 0 Å². The van der Waals surface area contributed by atoms with E-state index in [0.717, 1.165) is 54.1 Å². The van der Waals surface area contributed by atoms with Crippen molar-refractivity contribution in [3.63, 3.8) is 0 Å². The van der Waals surface area contributed by atoms with Crippen LogP contribution in [-0.4, -0.2) is 48.3 Å². The molecule has 2 fully saturated rings. The summed E-state index contributed by atoms with van der Waals surface area (Å²) in [6, 6.07) is 16.0. The maximum absolute atomic E-state index is 12.6. The first kappa shape index (κ1) is 25.5. The van der Waals surface area contributed by atoms with Crippen LogP contribution in [0.4, 0.5) is 39.3 Å². The number of hydrogen-bond acceptors (Lipinski definition) is 7. The molecule has 2 heterocycles. The van der Waals surface area contributed by atoms with Crippen LogP contribution in [-0.2, 0) is 4.74 Å². The summed E-state index contributed by atoms with van der Waals surface area (Å²) in [5.74, 6) is 1.15. The van der Waals surface area contributed by atoms with Crippen LogP contribution in [0.1, 0.15) is 32.1 Å². The van der Waals surface area contributed by atoms with Crippen LogP contribution in [0.25, 0.3) is 0 Å². The van der Waals surface area contributed by atoms with Crippen molar-refractivity contribution >= 4 is 63.1 Å². The van der Waals surface area contributed by atoms with Gasteiger partial charge >= 0.3 is 6.03 Å². The van der Waals surface area contributed by atoms with Gasteiger partial charge in [0.05, 0.1) is 28.2 Å². The fraction of sp³-hybridized carbons (Fsp3) is 0.370.